The van der Waals surface area contributed by atoms with E-state index in [0.717, 1.165) is 13.8 Å². The summed E-state index contributed by atoms with van der Waals surface area (Å²) in [6.07, 6.45) is -7.93. The molecule has 2 N–H and O–H groups in total. The molecule has 1 aliphatic rings. The minimum Gasteiger partial charge on any atom is -0.456 e. The molecule has 0 spiro atoms. The van der Waals surface area contributed by atoms with Crippen LogP contribution in [0.3, 0.4) is 0 Å². The summed E-state index contributed by atoms with van der Waals surface area (Å²) in [5.41, 5.74) is 0. The monoisotopic (exact) mass is 266 g/mol. The molecule has 1 heterocycles. The third kappa shape index (κ3) is 3.37. The Bertz CT molecular complexity index is 305. The van der Waals surface area contributed by atoms with Gasteiger partial charge in [0, 0.05) is 13.8 Å². The first-order valence-corrected chi connectivity index (χ1v) is 5.29. The van der Waals surface area contributed by atoms with Crippen molar-refractivity contribution in [3.05, 3.63) is 0 Å². The van der Waals surface area contributed by atoms with Crippen LogP contribution < -0.4 is 0 Å². The van der Waals surface area contributed by atoms with Gasteiger partial charge in [-0.25, -0.2) is 4.39 Å². The van der Waals surface area contributed by atoms with Gasteiger partial charge in [-0.3, -0.25) is 9.59 Å². The van der Waals surface area contributed by atoms with Crippen molar-refractivity contribution in [2.24, 2.45) is 0 Å². The van der Waals surface area contributed by atoms with Gasteiger partial charge in [0.25, 0.3) is 0 Å². The first-order valence-electron chi connectivity index (χ1n) is 5.29. The molecule has 1 saturated heterocycles. The summed E-state index contributed by atoms with van der Waals surface area (Å²) in [4.78, 5) is 21.8. The Labute approximate surface area is 102 Å². The number of esters is 2. The molecule has 1 aliphatic heterocycles. The maximum absolute atomic E-state index is 13.7. The normalized spacial score (nSPS) is 35.9. The quantitative estimate of drug-likeness (QED) is 0.625. The van der Waals surface area contributed by atoms with Crippen LogP contribution in [0, 0.1) is 0 Å². The summed E-state index contributed by atoms with van der Waals surface area (Å²) in [6.45, 7) is 1.50. The third-order valence-electron chi connectivity index (χ3n) is 2.37. The molecule has 1 rings (SSSR count). The van der Waals surface area contributed by atoms with Crippen molar-refractivity contribution in [2.45, 2.75) is 44.6 Å². The van der Waals surface area contributed by atoms with Gasteiger partial charge in [-0.05, 0) is 0 Å². The van der Waals surface area contributed by atoms with Crippen LogP contribution in [-0.2, 0) is 23.8 Å². The highest BCUT2D eigenvalue weighted by Gasteiger charge is 2.49. The van der Waals surface area contributed by atoms with Crippen LogP contribution in [-0.4, -0.2) is 59.5 Å². The Kier molecular flexibility index (Phi) is 5.00. The van der Waals surface area contributed by atoms with E-state index < -0.39 is 49.3 Å². The molecule has 18 heavy (non-hydrogen) atoms. The van der Waals surface area contributed by atoms with Crippen molar-refractivity contribution < 1.29 is 38.4 Å². The van der Waals surface area contributed by atoms with Gasteiger partial charge in [0.05, 0.1) is 6.61 Å². The minimum absolute atomic E-state index is 0.626. The highest BCUT2D eigenvalue weighted by Crippen LogP contribution is 2.27. The van der Waals surface area contributed by atoms with E-state index in [1.165, 1.54) is 0 Å². The number of rotatable bonds is 3. The summed E-state index contributed by atoms with van der Waals surface area (Å²) >= 11 is 0. The van der Waals surface area contributed by atoms with Gasteiger partial charge < -0.3 is 24.4 Å². The number of hydrogen-bond acceptors (Lipinski definition) is 7. The first kappa shape index (κ1) is 14.8. The number of carbonyl (C=O) groups excluding carboxylic acids is 2. The van der Waals surface area contributed by atoms with E-state index in [1.54, 1.807) is 0 Å². The number of alkyl halides is 1. The van der Waals surface area contributed by atoms with Crippen molar-refractivity contribution in [1.82, 2.24) is 0 Å². The second kappa shape index (κ2) is 6.07. The van der Waals surface area contributed by atoms with Crippen molar-refractivity contribution in [2.75, 3.05) is 6.61 Å². The minimum atomic E-state index is -2.07. The molecular formula is C10H15FO7. The second-order valence-electron chi connectivity index (χ2n) is 3.84. The fourth-order valence-corrected chi connectivity index (χ4v) is 1.69. The van der Waals surface area contributed by atoms with Gasteiger partial charge in [0.2, 0.25) is 0 Å². The molecule has 7 nitrogen and oxygen atoms in total. The Morgan fingerprint density at radius 2 is 1.72 bits per heavy atom. The number of aliphatic hydroxyl groups excluding tert-OH is 2. The Hall–Kier alpha value is -1.25. The number of carbonyl (C=O) groups is 2. The summed E-state index contributed by atoms with van der Waals surface area (Å²) < 4.78 is 27.9. The first-order chi connectivity index (χ1) is 8.36. The molecule has 0 bridgehead atoms. The summed E-state index contributed by atoms with van der Waals surface area (Å²) in [5.74, 6) is -1.55. The van der Waals surface area contributed by atoms with E-state index in [9.17, 15) is 19.1 Å². The highest BCUT2D eigenvalue weighted by molar-refractivity contribution is 5.67. The molecular weight excluding hydrogens is 251 g/mol. The van der Waals surface area contributed by atoms with Gasteiger partial charge in [-0.2, -0.15) is 0 Å². The van der Waals surface area contributed by atoms with Gasteiger partial charge >= 0.3 is 11.9 Å². The van der Waals surface area contributed by atoms with E-state index in [2.05, 4.69) is 4.74 Å². The van der Waals surface area contributed by atoms with Gasteiger partial charge in [0.15, 0.2) is 24.7 Å². The van der Waals surface area contributed by atoms with Gasteiger partial charge in [-0.1, -0.05) is 0 Å². The standard InChI is InChI=1S/C10H15FO7/c1-4(13)16-8-6(3-12)18-10(15)7(11)9(8)17-5(2)14/h6-10,12,15H,3H2,1-2H3/t6-,7-,8-,9-,10?/m1/s1. The fraction of sp³-hybridized carbons (Fsp3) is 0.800. The molecule has 0 amide bonds. The lowest BCUT2D eigenvalue weighted by Gasteiger charge is -2.39. The molecule has 104 valence electrons. The zero-order valence-electron chi connectivity index (χ0n) is 9.91. The van der Waals surface area contributed by atoms with Crippen LogP contribution >= 0.6 is 0 Å². The van der Waals surface area contributed by atoms with Crippen LogP contribution in [0.2, 0.25) is 0 Å². The molecule has 1 unspecified atom stereocenters. The Morgan fingerprint density at radius 3 is 2.17 bits per heavy atom. The molecule has 0 radical (unpaired) electrons. The van der Waals surface area contributed by atoms with E-state index in [4.69, 9.17) is 14.6 Å². The van der Waals surface area contributed by atoms with Crippen LogP contribution in [0.1, 0.15) is 13.8 Å². The van der Waals surface area contributed by atoms with Crippen molar-refractivity contribution >= 4 is 11.9 Å². The average Bonchev–Trinajstić information content (AvgIpc) is 2.27. The van der Waals surface area contributed by atoms with Gasteiger partial charge in [0.1, 0.15) is 6.10 Å². The third-order valence-corrected chi connectivity index (χ3v) is 2.37. The maximum Gasteiger partial charge on any atom is 0.303 e. The summed E-state index contributed by atoms with van der Waals surface area (Å²) in [7, 11) is 0. The SMILES string of the molecule is CC(=O)O[C@H]1[C@H](OC(C)=O)[C@@H](F)C(O)O[C@@H]1CO. The van der Waals surface area contributed by atoms with Crippen LogP contribution in [0.25, 0.3) is 0 Å². The molecule has 0 aromatic carbocycles. The lowest BCUT2D eigenvalue weighted by Crippen LogP contribution is -2.59. The van der Waals surface area contributed by atoms with E-state index in [0.29, 0.717) is 0 Å². The number of ether oxygens (including phenoxy) is 3. The van der Waals surface area contributed by atoms with E-state index in [-0.39, 0.29) is 0 Å². The molecule has 0 aliphatic carbocycles. The summed E-state index contributed by atoms with van der Waals surface area (Å²) in [6, 6.07) is 0. The molecule has 8 heteroatoms. The largest absolute Gasteiger partial charge is 0.456 e. The smallest absolute Gasteiger partial charge is 0.303 e. The summed E-state index contributed by atoms with van der Waals surface area (Å²) in [5, 5.41) is 18.3. The number of halogens is 1. The van der Waals surface area contributed by atoms with Crippen molar-refractivity contribution in [1.29, 1.82) is 0 Å². The Morgan fingerprint density at radius 1 is 1.22 bits per heavy atom. The van der Waals surface area contributed by atoms with Crippen LogP contribution in [0.5, 0.6) is 0 Å². The predicted octanol–water partition coefficient (Wildman–Crippen LogP) is -1.10. The van der Waals surface area contributed by atoms with Crippen LogP contribution in [0.4, 0.5) is 4.39 Å². The highest BCUT2D eigenvalue weighted by atomic mass is 19.1. The topological polar surface area (TPSA) is 102 Å². The lowest BCUT2D eigenvalue weighted by atomic mass is 9.99. The van der Waals surface area contributed by atoms with E-state index in [1.807, 2.05) is 0 Å². The molecule has 0 aromatic rings. The van der Waals surface area contributed by atoms with Gasteiger partial charge in [-0.15, -0.1) is 0 Å². The predicted molar refractivity (Wildman–Crippen MR) is 54.0 cm³/mol. The zero-order valence-corrected chi connectivity index (χ0v) is 9.91. The second-order valence-corrected chi connectivity index (χ2v) is 3.84. The van der Waals surface area contributed by atoms with Crippen molar-refractivity contribution in [3.8, 4) is 0 Å². The Balaban J connectivity index is 2.92. The number of hydrogen-bond donors (Lipinski definition) is 2. The number of aliphatic hydroxyl groups is 2. The van der Waals surface area contributed by atoms with Crippen LogP contribution in [0.15, 0.2) is 0 Å². The maximum atomic E-state index is 13.7. The fourth-order valence-electron chi connectivity index (χ4n) is 1.69. The molecule has 1 fully saturated rings. The lowest BCUT2D eigenvalue weighted by molar-refractivity contribution is -0.278. The zero-order chi connectivity index (χ0) is 13.9. The molecule has 5 atom stereocenters. The van der Waals surface area contributed by atoms with Crippen molar-refractivity contribution in [3.63, 3.8) is 0 Å². The average molecular weight is 266 g/mol. The molecule has 0 aromatic heterocycles. The molecule has 0 saturated carbocycles. The van der Waals surface area contributed by atoms with E-state index >= 15 is 0 Å².